The maximum Gasteiger partial charge on any atom is 0.0537 e. The molecular weight excluding hydrogens is 240 g/mol. The molecule has 0 aliphatic carbocycles. The van der Waals surface area contributed by atoms with Gasteiger partial charge in [-0.15, -0.1) is 0 Å². The molecule has 1 aliphatic rings. The molecule has 19 heavy (non-hydrogen) atoms. The van der Waals surface area contributed by atoms with Crippen molar-refractivity contribution in [1.29, 1.82) is 0 Å². The molecule has 0 unspecified atom stereocenters. The molecule has 0 aromatic carbocycles. The SMILES string of the molecule is CCn1ncc(CN2CCN(C)[C@@H](CCO)C2)c1C. The van der Waals surface area contributed by atoms with Crippen LogP contribution >= 0.6 is 0 Å². The summed E-state index contributed by atoms with van der Waals surface area (Å²) in [5, 5.41) is 13.5. The van der Waals surface area contributed by atoms with Gasteiger partial charge in [-0.25, -0.2) is 0 Å². The maximum atomic E-state index is 9.13. The lowest BCUT2D eigenvalue weighted by atomic mass is 10.1. The van der Waals surface area contributed by atoms with Gasteiger partial charge in [0.25, 0.3) is 0 Å². The molecule has 1 aliphatic heterocycles. The molecule has 1 saturated heterocycles. The van der Waals surface area contributed by atoms with Crippen LogP contribution in [0.3, 0.4) is 0 Å². The fourth-order valence-corrected chi connectivity index (χ4v) is 2.81. The minimum atomic E-state index is 0.273. The van der Waals surface area contributed by atoms with Crippen LogP contribution in [-0.2, 0) is 13.1 Å². The number of rotatable bonds is 5. The van der Waals surface area contributed by atoms with Crippen LogP contribution in [0.25, 0.3) is 0 Å². The maximum absolute atomic E-state index is 9.13. The third kappa shape index (κ3) is 3.35. The molecule has 1 atom stereocenters. The van der Waals surface area contributed by atoms with Crippen LogP contribution in [0, 0.1) is 6.92 Å². The molecule has 2 rings (SSSR count). The highest BCUT2D eigenvalue weighted by Gasteiger charge is 2.24. The van der Waals surface area contributed by atoms with Gasteiger partial charge in [-0.1, -0.05) is 0 Å². The number of aliphatic hydroxyl groups is 1. The van der Waals surface area contributed by atoms with Crippen LogP contribution < -0.4 is 0 Å². The van der Waals surface area contributed by atoms with E-state index < -0.39 is 0 Å². The smallest absolute Gasteiger partial charge is 0.0537 e. The number of piperazine rings is 1. The van der Waals surface area contributed by atoms with E-state index in [1.54, 1.807) is 0 Å². The Bertz CT molecular complexity index is 404. The van der Waals surface area contributed by atoms with Crippen molar-refractivity contribution in [2.24, 2.45) is 0 Å². The van der Waals surface area contributed by atoms with Crippen molar-refractivity contribution in [2.45, 2.75) is 39.4 Å². The van der Waals surface area contributed by atoms with Crippen LogP contribution in [0.15, 0.2) is 6.20 Å². The molecule has 2 heterocycles. The zero-order valence-corrected chi connectivity index (χ0v) is 12.3. The van der Waals surface area contributed by atoms with E-state index in [1.165, 1.54) is 11.3 Å². The Morgan fingerprint density at radius 1 is 1.42 bits per heavy atom. The molecule has 5 nitrogen and oxygen atoms in total. The molecule has 0 spiro atoms. The molecule has 1 N–H and O–H groups in total. The standard InChI is InChI=1S/C14H26N4O/c1-4-18-12(2)13(9-15-18)10-17-7-6-16(3)14(11-17)5-8-19/h9,14,19H,4-8,10-11H2,1-3H3/t14-/m0/s1. The third-order valence-corrected chi connectivity index (χ3v) is 4.22. The van der Waals surface area contributed by atoms with E-state index in [2.05, 4.69) is 40.5 Å². The van der Waals surface area contributed by atoms with Crippen LogP contribution in [0.4, 0.5) is 0 Å². The number of hydrogen-bond acceptors (Lipinski definition) is 4. The summed E-state index contributed by atoms with van der Waals surface area (Å²) in [4.78, 5) is 4.83. The summed E-state index contributed by atoms with van der Waals surface area (Å²) < 4.78 is 2.05. The molecule has 1 aromatic heterocycles. The fourth-order valence-electron chi connectivity index (χ4n) is 2.81. The van der Waals surface area contributed by atoms with Crippen molar-refractivity contribution in [3.63, 3.8) is 0 Å². The predicted octanol–water partition coefficient (Wildman–Crippen LogP) is 0.710. The lowest BCUT2D eigenvalue weighted by Gasteiger charge is -2.39. The summed E-state index contributed by atoms with van der Waals surface area (Å²) in [5.41, 5.74) is 2.61. The van der Waals surface area contributed by atoms with E-state index >= 15 is 0 Å². The van der Waals surface area contributed by atoms with Crippen LogP contribution in [0.1, 0.15) is 24.6 Å². The highest BCUT2D eigenvalue weighted by molar-refractivity contribution is 5.16. The second-order valence-electron chi connectivity index (χ2n) is 5.45. The minimum absolute atomic E-state index is 0.273. The molecule has 0 saturated carbocycles. The summed E-state index contributed by atoms with van der Waals surface area (Å²) in [5.74, 6) is 0. The van der Waals surface area contributed by atoms with E-state index in [4.69, 9.17) is 5.11 Å². The molecule has 0 bridgehead atoms. The van der Waals surface area contributed by atoms with Gasteiger partial charge in [0.05, 0.1) is 6.20 Å². The highest BCUT2D eigenvalue weighted by atomic mass is 16.3. The quantitative estimate of drug-likeness (QED) is 0.852. The summed E-state index contributed by atoms with van der Waals surface area (Å²) in [6.07, 6.45) is 2.86. The molecule has 0 radical (unpaired) electrons. The molecule has 1 fully saturated rings. The molecule has 0 amide bonds. The van der Waals surface area contributed by atoms with Gasteiger partial charge in [0.15, 0.2) is 0 Å². The van der Waals surface area contributed by atoms with Gasteiger partial charge in [0, 0.05) is 56.6 Å². The lowest BCUT2D eigenvalue weighted by molar-refractivity contribution is 0.0742. The van der Waals surface area contributed by atoms with Gasteiger partial charge in [-0.2, -0.15) is 5.10 Å². The zero-order chi connectivity index (χ0) is 13.8. The van der Waals surface area contributed by atoms with E-state index in [1.807, 2.05) is 6.20 Å². The third-order valence-electron chi connectivity index (χ3n) is 4.22. The highest BCUT2D eigenvalue weighted by Crippen LogP contribution is 2.16. The summed E-state index contributed by atoms with van der Waals surface area (Å²) in [6, 6.07) is 0.472. The number of aromatic nitrogens is 2. The predicted molar refractivity (Wildman–Crippen MR) is 76.0 cm³/mol. The van der Waals surface area contributed by atoms with Crippen molar-refractivity contribution in [3.05, 3.63) is 17.5 Å². The molecular formula is C14H26N4O. The minimum Gasteiger partial charge on any atom is -0.396 e. The average molecular weight is 266 g/mol. The Hall–Kier alpha value is -0.910. The first kappa shape index (κ1) is 14.5. The zero-order valence-electron chi connectivity index (χ0n) is 12.3. The first-order chi connectivity index (χ1) is 9.15. The van der Waals surface area contributed by atoms with Gasteiger partial charge in [0.2, 0.25) is 0 Å². The lowest BCUT2D eigenvalue weighted by Crippen LogP contribution is -2.51. The van der Waals surface area contributed by atoms with Gasteiger partial charge < -0.3 is 10.0 Å². The van der Waals surface area contributed by atoms with Crippen LogP contribution in [0.2, 0.25) is 0 Å². The second kappa shape index (κ2) is 6.50. The number of likely N-dealkylation sites (N-methyl/N-ethyl adjacent to an activating group) is 1. The Morgan fingerprint density at radius 2 is 2.21 bits per heavy atom. The van der Waals surface area contributed by atoms with Crippen LogP contribution in [0.5, 0.6) is 0 Å². The molecule has 1 aromatic rings. The van der Waals surface area contributed by atoms with Crippen molar-refractivity contribution < 1.29 is 5.11 Å². The fraction of sp³-hybridized carbons (Fsp3) is 0.786. The Kier molecular flexibility index (Phi) is 4.96. The monoisotopic (exact) mass is 266 g/mol. The largest absolute Gasteiger partial charge is 0.396 e. The van der Waals surface area contributed by atoms with E-state index in [9.17, 15) is 0 Å². The van der Waals surface area contributed by atoms with Gasteiger partial charge in [-0.05, 0) is 27.3 Å². The van der Waals surface area contributed by atoms with E-state index in [-0.39, 0.29) is 6.61 Å². The van der Waals surface area contributed by atoms with Crippen molar-refractivity contribution in [3.8, 4) is 0 Å². The number of aryl methyl sites for hydroxylation is 1. The van der Waals surface area contributed by atoms with Crippen molar-refractivity contribution in [2.75, 3.05) is 33.3 Å². The topological polar surface area (TPSA) is 44.5 Å². The Labute approximate surface area is 115 Å². The number of nitrogens with zero attached hydrogens (tertiary/aromatic N) is 4. The average Bonchev–Trinajstić information content (AvgIpc) is 2.75. The van der Waals surface area contributed by atoms with Crippen molar-refractivity contribution in [1.82, 2.24) is 19.6 Å². The Balaban J connectivity index is 1.97. The number of hydrogen-bond donors (Lipinski definition) is 1. The van der Waals surface area contributed by atoms with E-state index in [0.29, 0.717) is 6.04 Å². The summed E-state index contributed by atoms with van der Waals surface area (Å²) in [6.45, 7) is 9.65. The normalized spacial score (nSPS) is 22.0. The first-order valence-electron chi connectivity index (χ1n) is 7.20. The summed E-state index contributed by atoms with van der Waals surface area (Å²) in [7, 11) is 2.15. The summed E-state index contributed by atoms with van der Waals surface area (Å²) >= 11 is 0. The van der Waals surface area contributed by atoms with Gasteiger partial charge >= 0.3 is 0 Å². The van der Waals surface area contributed by atoms with Gasteiger partial charge in [-0.3, -0.25) is 9.58 Å². The number of aliphatic hydroxyl groups excluding tert-OH is 1. The van der Waals surface area contributed by atoms with Crippen LogP contribution in [-0.4, -0.2) is 64.0 Å². The Morgan fingerprint density at radius 3 is 2.84 bits per heavy atom. The van der Waals surface area contributed by atoms with E-state index in [0.717, 1.165) is 39.1 Å². The second-order valence-corrected chi connectivity index (χ2v) is 5.45. The molecule has 5 heteroatoms. The van der Waals surface area contributed by atoms with Crippen molar-refractivity contribution >= 4 is 0 Å². The van der Waals surface area contributed by atoms with Gasteiger partial charge in [0.1, 0.15) is 0 Å². The molecule has 108 valence electrons. The first-order valence-corrected chi connectivity index (χ1v) is 7.20.